The number of methoxy groups -OCH3 is 2. The Labute approximate surface area is 92.1 Å². The second-order valence-electron chi connectivity index (χ2n) is 2.81. The van der Waals surface area contributed by atoms with Crippen LogP contribution in [0.4, 0.5) is 0 Å². The molecular formula is C9H15BrO4. The van der Waals surface area contributed by atoms with Crippen LogP contribution in [0.2, 0.25) is 0 Å². The minimum atomic E-state index is -0.275. The summed E-state index contributed by atoms with van der Waals surface area (Å²) in [5, 5.41) is 0. The summed E-state index contributed by atoms with van der Waals surface area (Å²) in [4.78, 5) is 21.4. The van der Waals surface area contributed by atoms with Gasteiger partial charge in [0, 0.05) is 6.42 Å². The van der Waals surface area contributed by atoms with Crippen molar-refractivity contribution in [2.75, 3.05) is 14.2 Å². The summed E-state index contributed by atoms with van der Waals surface area (Å²) in [6, 6.07) is 0. The van der Waals surface area contributed by atoms with Gasteiger partial charge in [-0.1, -0.05) is 22.4 Å². The number of rotatable bonds is 6. The van der Waals surface area contributed by atoms with Crippen molar-refractivity contribution in [1.29, 1.82) is 0 Å². The number of carbonyl (C=O) groups excluding carboxylic acids is 2. The molecule has 82 valence electrons. The van der Waals surface area contributed by atoms with Gasteiger partial charge in [-0.2, -0.15) is 0 Å². The predicted octanol–water partition coefficient (Wildman–Crippen LogP) is 1.66. The second-order valence-corrected chi connectivity index (χ2v) is 3.92. The van der Waals surface area contributed by atoms with Crippen LogP contribution in [0.3, 0.4) is 0 Å². The van der Waals surface area contributed by atoms with Crippen LogP contribution in [0.15, 0.2) is 0 Å². The number of hydrogen-bond acceptors (Lipinski definition) is 4. The predicted molar refractivity (Wildman–Crippen MR) is 55.2 cm³/mol. The van der Waals surface area contributed by atoms with E-state index in [0.29, 0.717) is 12.8 Å². The van der Waals surface area contributed by atoms with Crippen molar-refractivity contribution < 1.29 is 19.1 Å². The van der Waals surface area contributed by atoms with Crippen LogP contribution in [-0.2, 0) is 19.1 Å². The molecule has 0 saturated carbocycles. The van der Waals surface area contributed by atoms with Crippen LogP contribution >= 0.6 is 15.9 Å². The standard InChI is InChI=1S/C9H15BrO4/c1-13-8(11)6-4-3-5-7(10)9(12)14-2/h7H,3-6H2,1-2H3. The first-order chi connectivity index (χ1) is 6.61. The second kappa shape index (κ2) is 7.79. The number of unbranched alkanes of at least 4 members (excludes halogenated alkanes) is 1. The minimum absolute atomic E-state index is 0.214. The highest BCUT2D eigenvalue weighted by Gasteiger charge is 2.14. The minimum Gasteiger partial charge on any atom is -0.469 e. The Bertz CT molecular complexity index is 193. The first kappa shape index (κ1) is 13.4. The number of alkyl halides is 1. The third-order valence-electron chi connectivity index (χ3n) is 1.77. The maximum absolute atomic E-state index is 10.9. The lowest BCUT2D eigenvalue weighted by Crippen LogP contribution is -2.15. The zero-order valence-electron chi connectivity index (χ0n) is 8.42. The van der Waals surface area contributed by atoms with E-state index in [1.165, 1.54) is 14.2 Å². The van der Waals surface area contributed by atoms with Crippen molar-refractivity contribution in [3.63, 3.8) is 0 Å². The molecule has 4 nitrogen and oxygen atoms in total. The normalized spacial score (nSPS) is 11.9. The number of ether oxygens (including phenoxy) is 2. The van der Waals surface area contributed by atoms with E-state index in [1.54, 1.807) is 0 Å². The molecular weight excluding hydrogens is 252 g/mol. The Hall–Kier alpha value is -0.580. The molecule has 0 spiro atoms. The number of hydrogen-bond donors (Lipinski definition) is 0. The fourth-order valence-corrected chi connectivity index (χ4v) is 1.45. The molecule has 0 heterocycles. The van der Waals surface area contributed by atoms with E-state index < -0.39 is 0 Å². The molecule has 0 aromatic heterocycles. The average Bonchev–Trinajstić information content (AvgIpc) is 2.22. The highest BCUT2D eigenvalue weighted by atomic mass is 79.9. The highest BCUT2D eigenvalue weighted by Crippen LogP contribution is 2.12. The Morgan fingerprint density at radius 3 is 2.36 bits per heavy atom. The van der Waals surface area contributed by atoms with Crippen LogP contribution in [-0.4, -0.2) is 31.0 Å². The van der Waals surface area contributed by atoms with Crippen molar-refractivity contribution >= 4 is 27.9 Å². The molecule has 0 rings (SSSR count). The van der Waals surface area contributed by atoms with Crippen molar-refractivity contribution in [1.82, 2.24) is 0 Å². The molecule has 0 N–H and O–H groups in total. The molecule has 0 radical (unpaired) electrons. The van der Waals surface area contributed by atoms with Crippen LogP contribution in [0.1, 0.15) is 25.7 Å². The fraction of sp³-hybridized carbons (Fsp3) is 0.778. The molecule has 0 saturated heterocycles. The lowest BCUT2D eigenvalue weighted by molar-refractivity contribution is -0.140. The van der Waals surface area contributed by atoms with Crippen molar-refractivity contribution in [2.45, 2.75) is 30.5 Å². The van der Waals surface area contributed by atoms with Crippen LogP contribution in [0.25, 0.3) is 0 Å². The van der Waals surface area contributed by atoms with Gasteiger partial charge < -0.3 is 9.47 Å². The SMILES string of the molecule is COC(=O)CCCCC(Br)C(=O)OC. The number of esters is 2. The zero-order valence-corrected chi connectivity index (χ0v) is 10.0. The van der Waals surface area contributed by atoms with E-state index in [9.17, 15) is 9.59 Å². The molecule has 14 heavy (non-hydrogen) atoms. The molecule has 0 aliphatic heterocycles. The van der Waals surface area contributed by atoms with E-state index in [4.69, 9.17) is 0 Å². The molecule has 0 amide bonds. The molecule has 5 heteroatoms. The summed E-state index contributed by atoms with van der Waals surface area (Å²) in [6.45, 7) is 0. The lowest BCUT2D eigenvalue weighted by Gasteiger charge is -2.06. The maximum Gasteiger partial charge on any atom is 0.319 e. The zero-order chi connectivity index (χ0) is 11.0. The molecule has 1 unspecified atom stereocenters. The van der Waals surface area contributed by atoms with Crippen LogP contribution in [0, 0.1) is 0 Å². The van der Waals surface area contributed by atoms with Crippen LogP contribution in [0.5, 0.6) is 0 Å². The van der Waals surface area contributed by atoms with Gasteiger partial charge in [0.15, 0.2) is 0 Å². The van der Waals surface area contributed by atoms with Crippen molar-refractivity contribution in [3.8, 4) is 0 Å². The molecule has 0 aliphatic rings. The number of carbonyl (C=O) groups is 2. The lowest BCUT2D eigenvalue weighted by atomic mass is 10.1. The molecule has 0 bridgehead atoms. The third-order valence-corrected chi connectivity index (χ3v) is 2.60. The van der Waals surface area contributed by atoms with Gasteiger partial charge in [-0.3, -0.25) is 9.59 Å². The Kier molecular flexibility index (Phi) is 7.47. The first-order valence-corrected chi connectivity index (χ1v) is 5.32. The van der Waals surface area contributed by atoms with E-state index in [2.05, 4.69) is 25.4 Å². The van der Waals surface area contributed by atoms with Gasteiger partial charge in [-0.05, 0) is 12.8 Å². The van der Waals surface area contributed by atoms with Gasteiger partial charge in [0.2, 0.25) is 0 Å². The van der Waals surface area contributed by atoms with Gasteiger partial charge in [0.05, 0.1) is 14.2 Å². The van der Waals surface area contributed by atoms with Crippen molar-refractivity contribution in [3.05, 3.63) is 0 Å². The monoisotopic (exact) mass is 266 g/mol. The highest BCUT2D eigenvalue weighted by molar-refractivity contribution is 9.10. The van der Waals surface area contributed by atoms with Gasteiger partial charge in [0.25, 0.3) is 0 Å². The summed E-state index contributed by atoms with van der Waals surface area (Å²) in [5.41, 5.74) is 0. The summed E-state index contributed by atoms with van der Waals surface area (Å²) >= 11 is 3.20. The van der Waals surface area contributed by atoms with E-state index in [0.717, 1.165) is 12.8 Å². The third kappa shape index (κ3) is 5.96. The quantitative estimate of drug-likeness (QED) is 0.417. The number of halogens is 1. The summed E-state index contributed by atoms with van der Waals surface area (Å²) in [6.07, 6.45) is 2.59. The van der Waals surface area contributed by atoms with E-state index >= 15 is 0 Å². The molecule has 0 aromatic rings. The van der Waals surface area contributed by atoms with E-state index in [1.807, 2.05) is 0 Å². The Morgan fingerprint density at radius 2 is 1.86 bits per heavy atom. The maximum atomic E-state index is 10.9. The molecule has 0 aliphatic carbocycles. The molecule has 0 fully saturated rings. The first-order valence-electron chi connectivity index (χ1n) is 4.40. The average molecular weight is 267 g/mol. The molecule has 0 aromatic carbocycles. The summed E-state index contributed by atoms with van der Waals surface area (Å²) in [5.74, 6) is -0.489. The Balaban J connectivity index is 3.45. The van der Waals surface area contributed by atoms with Crippen molar-refractivity contribution in [2.24, 2.45) is 0 Å². The van der Waals surface area contributed by atoms with Gasteiger partial charge in [0.1, 0.15) is 4.83 Å². The van der Waals surface area contributed by atoms with E-state index in [-0.39, 0.29) is 16.8 Å². The summed E-state index contributed by atoms with van der Waals surface area (Å²) in [7, 11) is 2.72. The summed E-state index contributed by atoms with van der Waals surface area (Å²) < 4.78 is 9.02. The van der Waals surface area contributed by atoms with Gasteiger partial charge in [-0.25, -0.2) is 0 Å². The fourth-order valence-electron chi connectivity index (χ4n) is 0.941. The topological polar surface area (TPSA) is 52.6 Å². The largest absolute Gasteiger partial charge is 0.469 e. The van der Waals surface area contributed by atoms with Crippen LogP contribution < -0.4 is 0 Å². The Morgan fingerprint density at radius 1 is 1.21 bits per heavy atom. The van der Waals surface area contributed by atoms with Gasteiger partial charge in [-0.15, -0.1) is 0 Å². The molecule has 1 atom stereocenters. The van der Waals surface area contributed by atoms with Gasteiger partial charge >= 0.3 is 11.9 Å². The smallest absolute Gasteiger partial charge is 0.319 e.